The van der Waals surface area contributed by atoms with Gasteiger partial charge in [0.2, 0.25) is 0 Å². The van der Waals surface area contributed by atoms with Gasteiger partial charge in [0.05, 0.1) is 12.7 Å². The van der Waals surface area contributed by atoms with E-state index in [1.807, 2.05) is 7.05 Å². The number of ether oxygens (including phenoxy) is 1. The van der Waals surface area contributed by atoms with Crippen molar-refractivity contribution in [3.05, 3.63) is 0 Å². The zero-order chi connectivity index (χ0) is 12.2. The molecule has 0 spiro atoms. The van der Waals surface area contributed by atoms with E-state index >= 15 is 0 Å². The van der Waals surface area contributed by atoms with Crippen LogP contribution in [-0.4, -0.2) is 71.1 Å². The van der Waals surface area contributed by atoms with Gasteiger partial charge in [0, 0.05) is 33.7 Å². The first-order chi connectivity index (χ1) is 7.42. The van der Waals surface area contributed by atoms with Gasteiger partial charge in [0.15, 0.2) is 0 Å². The Morgan fingerprint density at radius 1 is 1.50 bits per heavy atom. The monoisotopic (exact) mass is 251 g/mol. The van der Waals surface area contributed by atoms with Crippen LogP contribution in [0.3, 0.4) is 0 Å². The second-order valence-electron chi connectivity index (χ2n) is 4.23. The molecule has 0 saturated carbocycles. The molecule has 1 unspecified atom stereocenters. The highest BCUT2D eigenvalue weighted by Crippen LogP contribution is 2.06. The topological polar surface area (TPSA) is 61.9 Å². The van der Waals surface area contributed by atoms with E-state index < -0.39 is 10.2 Å². The Morgan fingerprint density at radius 2 is 2.19 bits per heavy atom. The largest absolute Gasteiger partial charge is 0.376 e. The fourth-order valence-electron chi connectivity index (χ4n) is 1.52. The first-order valence-electron chi connectivity index (χ1n) is 5.39. The standard InChI is InChI=1S/C9H21N3O3S/c1-11(2)16(13,14)10-5-4-9-8-12(3)6-7-15-9/h9-10H,4-8H2,1-3H3. The lowest BCUT2D eigenvalue weighted by atomic mass is 10.2. The van der Waals surface area contributed by atoms with Crippen LogP contribution < -0.4 is 4.72 Å². The molecule has 1 saturated heterocycles. The summed E-state index contributed by atoms with van der Waals surface area (Å²) in [5.74, 6) is 0. The molecule has 0 aromatic carbocycles. The Labute approximate surface area is 97.7 Å². The quantitative estimate of drug-likeness (QED) is 0.688. The van der Waals surface area contributed by atoms with Gasteiger partial charge in [-0.15, -0.1) is 0 Å². The minimum absolute atomic E-state index is 0.128. The molecule has 96 valence electrons. The molecule has 7 heteroatoms. The maximum absolute atomic E-state index is 11.4. The fourth-order valence-corrected chi connectivity index (χ4v) is 2.15. The predicted octanol–water partition coefficient (Wildman–Crippen LogP) is -0.897. The molecule has 0 radical (unpaired) electrons. The van der Waals surface area contributed by atoms with Crippen LogP contribution in [0.5, 0.6) is 0 Å². The van der Waals surface area contributed by atoms with Crippen LogP contribution in [-0.2, 0) is 14.9 Å². The third-order valence-electron chi connectivity index (χ3n) is 2.57. The second kappa shape index (κ2) is 5.92. The average Bonchev–Trinajstić information content (AvgIpc) is 2.17. The molecular formula is C9H21N3O3S. The van der Waals surface area contributed by atoms with E-state index in [1.54, 1.807) is 0 Å². The minimum Gasteiger partial charge on any atom is -0.376 e. The van der Waals surface area contributed by atoms with E-state index in [2.05, 4.69) is 9.62 Å². The molecule has 0 amide bonds. The van der Waals surface area contributed by atoms with E-state index in [9.17, 15) is 8.42 Å². The Balaban J connectivity index is 2.25. The summed E-state index contributed by atoms with van der Waals surface area (Å²) >= 11 is 0. The molecule has 16 heavy (non-hydrogen) atoms. The number of hydrogen-bond donors (Lipinski definition) is 1. The lowest BCUT2D eigenvalue weighted by Crippen LogP contribution is -2.42. The van der Waals surface area contributed by atoms with Gasteiger partial charge in [0.25, 0.3) is 10.2 Å². The molecule has 1 heterocycles. The normalized spacial score (nSPS) is 23.9. The van der Waals surface area contributed by atoms with Crippen molar-refractivity contribution in [2.24, 2.45) is 0 Å². The second-order valence-corrected chi connectivity index (χ2v) is 6.19. The molecule has 0 aromatic heterocycles. The van der Waals surface area contributed by atoms with Gasteiger partial charge < -0.3 is 9.64 Å². The van der Waals surface area contributed by atoms with Crippen molar-refractivity contribution < 1.29 is 13.2 Å². The molecule has 1 atom stereocenters. The minimum atomic E-state index is -3.30. The summed E-state index contributed by atoms with van der Waals surface area (Å²) in [7, 11) is 1.76. The maximum atomic E-state index is 11.4. The molecular weight excluding hydrogens is 230 g/mol. The van der Waals surface area contributed by atoms with Crippen molar-refractivity contribution >= 4 is 10.2 Å². The highest BCUT2D eigenvalue weighted by atomic mass is 32.2. The lowest BCUT2D eigenvalue weighted by molar-refractivity contribution is -0.0222. The van der Waals surface area contributed by atoms with Crippen LogP contribution in [0, 0.1) is 0 Å². The van der Waals surface area contributed by atoms with Crippen LogP contribution in [0.25, 0.3) is 0 Å². The average molecular weight is 251 g/mol. The van der Waals surface area contributed by atoms with Gasteiger partial charge in [-0.1, -0.05) is 0 Å². The number of rotatable bonds is 5. The zero-order valence-electron chi connectivity index (χ0n) is 10.1. The molecule has 1 aliphatic heterocycles. The first kappa shape index (κ1) is 13.9. The Morgan fingerprint density at radius 3 is 2.75 bits per heavy atom. The third kappa shape index (κ3) is 4.34. The molecule has 1 rings (SSSR count). The maximum Gasteiger partial charge on any atom is 0.278 e. The van der Waals surface area contributed by atoms with E-state index in [0.29, 0.717) is 13.0 Å². The SMILES string of the molecule is CN1CCOC(CCNS(=O)(=O)N(C)C)C1. The van der Waals surface area contributed by atoms with Gasteiger partial charge in [-0.3, -0.25) is 0 Å². The lowest BCUT2D eigenvalue weighted by Gasteiger charge is -2.30. The van der Waals surface area contributed by atoms with E-state index in [4.69, 9.17) is 4.74 Å². The van der Waals surface area contributed by atoms with E-state index in [0.717, 1.165) is 19.7 Å². The summed E-state index contributed by atoms with van der Waals surface area (Å²) in [5.41, 5.74) is 0. The molecule has 6 nitrogen and oxygen atoms in total. The molecule has 1 N–H and O–H groups in total. The number of morpholine rings is 1. The van der Waals surface area contributed by atoms with Crippen molar-refractivity contribution in [2.75, 3.05) is 47.4 Å². The van der Waals surface area contributed by atoms with E-state index in [-0.39, 0.29) is 6.10 Å². The van der Waals surface area contributed by atoms with Gasteiger partial charge in [-0.05, 0) is 13.5 Å². The number of nitrogens with one attached hydrogen (secondary N) is 1. The molecule has 0 bridgehead atoms. The highest BCUT2D eigenvalue weighted by molar-refractivity contribution is 7.87. The zero-order valence-corrected chi connectivity index (χ0v) is 11.0. The first-order valence-corrected chi connectivity index (χ1v) is 6.83. The summed E-state index contributed by atoms with van der Waals surface area (Å²) < 4.78 is 32.0. The summed E-state index contributed by atoms with van der Waals surface area (Å²) in [6.07, 6.45) is 0.834. The van der Waals surface area contributed by atoms with Crippen LogP contribution >= 0.6 is 0 Å². The van der Waals surface area contributed by atoms with Crippen molar-refractivity contribution in [2.45, 2.75) is 12.5 Å². The van der Waals surface area contributed by atoms with Crippen molar-refractivity contribution in [1.29, 1.82) is 0 Å². The third-order valence-corrected chi connectivity index (χ3v) is 4.10. The van der Waals surface area contributed by atoms with Crippen molar-refractivity contribution in [1.82, 2.24) is 13.9 Å². The highest BCUT2D eigenvalue weighted by Gasteiger charge is 2.19. The predicted molar refractivity (Wildman–Crippen MR) is 62.5 cm³/mol. The molecule has 0 aromatic rings. The van der Waals surface area contributed by atoms with Crippen molar-refractivity contribution in [3.63, 3.8) is 0 Å². The van der Waals surface area contributed by atoms with Crippen LogP contribution in [0.4, 0.5) is 0 Å². The van der Waals surface area contributed by atoms with Gasteiger partial charge in [-0.25, -0.2) is 4.72 Å². The Hall–Kier alpha value is -0.210. The molecule has 0 aliphatic carbocycles. The summed E-state index contributed by atoms with van der Waals surface area (Å²) in [6, 6.07) is 0. The van der Waals surface area contributed by atoms with E-state index in [1.165, 1.54) is 18.4 Å². The number of nitrogens with zero attached hydrogens (tertiary/aromatic N) is 2. The van der Waals surface area contributed by atoms with Crippen LogP contribution in [0.15, 0.2) is 0 Å². The summed E-state index contributed by atoms with van der Waals surface area (Å²) in [6.45, 7) is 2.95. The van der Waals surface area contributed by atoms with Gasteiger partial charge >= 0.3 is 0 Å². The van der Waals surface area contributed by atoms with Gasteiger partial charge in [0.1, 0.15) is 0 Å². The number of hydrogen-bond acceptors (Lipinski definition) is 4. The fraction of sp³-hybridized carbons (Fsp3) is 1.00. The molecule has 1 aliphatic rings. The molecule has 1 fully saturated rings. The summed E-state index contributed by atoms with van der Waals surface area (Å²) in [5, 5.41) is 0. The van der Waals surface area contributed by atoms with Crippen LogP contribution in [0.2, 0.25) is 0 Å². The Kier molecular flexibility index (Phi) is 5.13. The van der Waals surface area contributed by atoms with Crippen LogP contribution in [0.1, 0.15) is 6.42 Å². The van der Waals surface area contributed by atoms with Gasteiger partial charge in [-0.2, -0.15) is 12.7 Å². The number of likely N-dealkylation sites (N-methyl/N-ethyl adjacent to an activating group) is 1. The smallest absolute Gasteiger partial charge is 0.278 e. The van der Waals surface area contributed by atoms with Crippen molar-refractivity contribution in [3.8, 4) is 0 Å². The summed E-state index contributed by atoms with van der Waals surface area (Å²) in [4.78, 5) is 2.19. The Bertz CT molecular complexity index is 305.